The standard InChI is InChI=1S/C18H19NO4/c1-3-19(4-2)16-11-12(20)9-10-15(16)17(21)13-7-5-6-8-14(13)18(22)23/h5-11,20H,3-4H2,1-2H3,(H,22,23). The highest BCUT2D eigenvalue weighted by Crippen LogP contribution is 2.28. The molecule has 2 N–H and O–H groups in total. The van der Waals surface area contributed by atoms with Gasteiger partial charge in [-0.2, -0.15) is 0 Å². The van der Waals surface area contributed by atoms with E-state index in [9.17, 15) is 19.8 Å². The van der Waals surface area contributed by atoms with Gasteiger partial charge < -0.3 is 15.1 Å². The fourth-order valence-corrected chi connectivity index (χ4v) is 2.55. The molecule has 5 nitrogen and oxygen atoms in total. The van der Waals surface area contributed by atoms with Crippen LogP contribution in [-0.4, -0.2) is 35.1 Å². The summed E-state index contributed by atoms with van der Waals surface area (Å²) in [6, 6.07) is 10.6. The summed E-state index contributed by atoms with van der Waals surface area (Å²) < 4.78 is 0. The topological polar surface area (TPSA) is 77.8 Å². The molecule has 0 aliphatic rings. The van der Waals surface area contributed by atoms with Gasteiger partial charge in [-0.25, -0.2) is 4.79 Å². The molecule has 0 bridgehead atoms. The van der Waals surface area contributed by atoms with Crippen molar-refractivity contribution >= 4 is 17.4 Å². The third-order valence-corrected chi connectivity index (χ3v) is 3.73. The monoisotopic (exact) mass is 313 g/mol. The Morgan fingerprint density at radius 1 is 0.957 bits per heavy atom. The number of hydrogen-bond donors (Lipinski definition) is 2. The van der Waals surface area contributed by atoms with Gasteiger partial charge in [-0.1, -0.05) is 18.2 Å². The van der Waals surface area contributed by atoms with Crippen LogP contribution >= 0.6 is 0 Å². The number of aromatic carboxylic acids is 1. The largest absolute Gasteiger partial charge is 0.508 e. The number of carboxylic acid groups (broad SMARTS) is 1. The third-order valence-electron chi connectivity index (χ3n) is 3.73. The molecule has 0 amide bonds. The number of carboxylic acids is 1. The van der Waals surface area contributed by atoms with E-state index >= 15 is 0 Å². The fourth-order valence-electron chi connectivity index (χ4n) is 2.55. The van der Waals surface area contributed by atoms with Crippen molar-refractivity contribution in [3.8, 4) is 5.75 Å². The van der Waals surface area contributed by atoms with Gasteiger partial charge in [-0.3, -0.25) is 4.79 Å². The Hall–Kier alpha value is -2.82. The van der Waals surface area contributed by atoms with E-state index in [1.807, 2.05) is 18.7 Å². The maximum absolute atomic E-state index is 12.9. The third kappa shape index (κ3) is 3.34. The molecule has 2 aromatic carbocycles. The summed E-state index contributed by atoms with van der Waals surface area (Å²) in [7, 11) is 0. The molecule has 0 heterocycles. The van der Waals surface area contributed by atoms with Crippen LogP contribution in [0.1, 0.15) is 40.1 Å². The summed E-state index contributed by atoms with van der Waals surface area (Å²) in [4.78, 5) is 26.1. The number of hydrogen-bond acceptors (Lipinski definition) is 4. The minimum Gasteiger partial charge on any atom is -0.508 e. The summed E-state index contributed by atoms with van der Waals surface area (Å²) in [6.45, 7) is 5.24. The molecule has 0 unspecified atom stereocenters. The molecular formula is C18H19NO4. The second kappa shape index (κ2) is 6.96. The van der Waals surface area contributed by atoms with Crippen LogP contribution < -0.4 is 4.90 Å². The van der Waals surface area contributed by atoms with E-state index in [0.717, 1.165) is 0 Å². The lowest BCUT2D eigenvalue weighted by molar-refractivity contribution is 0.0693. The van der Waals surface area contributed by atoms with E-state index in [0.29, 0.717) is 24.3 Å². The number of carbonyl (C=O) groups excluding carboxylic acids is 1. The number of aromatic hydroxyl groups is 1. The molecule has 0 saturated carbocycles. The average Bonchev–Trinajstić information content (AvgIpc) is 2.55. The van der Waals surface area contributed by atoms with E-state index in [2.05, 4.69) is 0 Å². The first kappa shape index (κ1) is 16.5. The molecule has 0 radical (unpaired) electrons. The summed E-state index contributed by atoms with van der Waals surface area (Å²) in [5, 5.41) is 19.0. The predicted molar refractivity (Wildman–Crippen MR) is 88.5 cm³/mol. The Bertz CT molecular complexity index is 736. The number of carbonyl (C=O) groups is 2. The minimum atomic E-state index is -1.14. The van der Waals surface area contributed by atoms with Gasteiger partial charge in [0.15, 0.2) is 5.78 Å². The van der Waals surface area contributed by atoms with Crippen molar-refractivity contribution in [2.75, 3.05) is 18.0 Å². The summed E-state index contributed by atoms with van der Waals surface area (Å²) in [6.07, 6.45) is 0. The van der Waals surface area contributed by atoms with Crippen molar-refractivity contribution in [3.05, 3.63) is 59.2 Å². The van der Waals surface area contributed by atoms with Gasteiger partial charge in [0.2, 0.25) is 0 Å². The molecule has 0 spiro atoms. The first-order valence-corrected chi connectivity index (χ1v) is 7.44. The number of rotatable bonds is 6. The molecule has 23 heavy (non-hydrogen) atoms. The Morgan fingerprint density at radius 3 is 2.13 bits per heavy atom. The van der Waals surface area contributed by atoms with Crippen LogP contribution in [0.2, 0.25) is 0 Å². The number of anilines is 1. The zero-order valence-electron chi connectivity index (χ0n) is 13.1. The number of benzene rings is 2. The van der Waals surface area contributed by atoms with E-state index in [4.69, 9.17) is 0 Å². The van der Waals surface area contributed by atoms with Crippen LogP contribution in [0, 0.1) is 0 Å². The van der Waals surface area contributed by atoms with Gasteiger partial charge in [0, 0.05) is 30.3 Å². The van der Waals surface area contributed by atoms with Crippen LogP contribution in [0.5, 0.6) is 5.75 Å². The van der Waals surface area contributed by atoms with E-state index in [1.54, 1.807) is 12.1 Å². The molecule has 2 rings (SSSR count). The fraction of sp³-hybridized carbons (Fsp3) is 0.222. The van der Waals surface area contributed by atoms with Crippen molar-refractivity contribution in [1.82, 2.24) is 0 Å². The molecule has 0 fully saturated rings. The smallest absolute Gasteiger partial charge is 0.336 e. The molecule has 0 saturated heterocycles. The highest BCUT2D eigenvalue weighted by Gasteiger charge is 2.21. The van der Waals surface area contributed by atoms with Crippen molar-refractivity contribution in [2.45, 2.75) is 13.8 Å². The second-order valence-corrected chi connectivity index (χ2v) is 5.05. The van der Waals surface area contributed by atoms with Gasteiger partial charge in [0.25, 0.3) is 0 Å². The summed E-state index contributed by atoms with van der Waals surface area (Å²) in [5.74, 6) is -1.45. The SMILES string of the molecule is CCN(CC)c1cc(O)ccc1C(=O)c1ccccc1C(=O)O. The quantitative estimate of drug-likeness (QED) is 0.801. The molecule has 0 atom stereocenters. The summed E-state index contributed by atoms with van der Waals surface area (Å²) >= 11 is 0. The Balaban J connectivity index is 2.59. The zero-order valence-corrected chi connectivity index (χ0v) is 13.1. The zero-order chi connectivity index (χ0) is 17.0. The molecule has 120 valence electrons. The van der Waals surface area contributed by atoms with E-state index < -0.39 is 5.97 Å². The van der Waals surface area contributed by atoms with Crippen molar-refractivity contribution in [1.29, 1.82) is 0 Å². The normalized spacial score (nSPS) is 10.3. The number of phenols is 1. The van der Waals surface area contributed by atoms with E-state index in [-0.39, 0.29) is 22.7 Å². The Kier molecular flexibility index (Phi) is 5.01. The molecular weight excluding hydrogens is 294 g/mol. The first-order chi connectivity index (χ1) is 11.0. The number of phenolic OH excluding ortho intramolecular Hbond substituents is 1. The molecule has 0 aromatic heterocycles. The van der Waals surface area contributed by atoms with Gasteiger partial charge in [-0.05, 0) is 32.0 Å². The first-order valence-electron chi connectivity index (χ1n) is 7.44. The van der Waals surface area contributed by atoms with Crippen LogP contribution in [0.15, 0.2) is 42.5 Å². The predicted octanol–water partition coefficient (Wildman–Crippen LogP) is 3.17. The Labute approximate surface area is 134 Å². The lowest BCUT2D eigenvalue weighted by Crippen LogP contribution is -2.24. The highest BCUT2D eigenvalue weighted by atomic mass is 16.4. The number of nitrogens with zero attached hydrogens (tertiary/aromatic N) is 1. The van der Waals surface area contributed by atoms with Crippen molar-refractivity contribution in [3.63, 3.8) is 0 Å². The van der Waals surface area contributed by atoms with Gasteiger partial charge in [0.05, 0.1) is 11.3 Å². The van der Waals surface area contributed by atoms with Gasteiger partial charge in [-0.15, -0.1) is 0 Å². The second-order valence-electron chi connectivity index (χ2n) is 5.05. The lowest BCUT2D eigenvalue weighted by atomic mass is 9.96. The summed E-state index contributed by atoms with van der Waals surface area (Å²) in [5.41, 5.74) is 1.08. The molecule has 0 aliphatic carbocycles. The average molecular weight is 313 g/mol. The van der Waals surface area contributed by atoms with Crippen molar-refractivity contribution < 1.29 is 19.8 Å². The van der Waals surface area contributed by atoms with Crippen LogP contribution in [0.4, 0.5) is 5.69 Å². The van der Waals surface area contributed by atoms with Gasteiger partial charge >= 0.3 is 5.97 Å². The van der Waals surface area contributed by atoms with Crippen LogP contribution in [0.25, 0.3) is 0 Å². The minimum absolute atomic E-state index is 0.0314. The molecule has 0 aliphatic heterocycles. The van der Waals surface area contributed by atoms with Crippen molar-refractivity contribution in [2.24, 2.45) is 0 Å². The molecule has 5 heteroatoms. The lowest BCUT2D eigenvalue weighted by Gasteiger charge is -2.24. The van der Waals surface area contributed by atoms with Gasteiger partial charge in [0.1, 0.15) is 5.75 Å². The maximum atomic E-state index is 12.9. The van der Waals surface area contributed by atoms with Crippen LogP contribution in [-0.2, 0) is 0 Å². The Morgan fingerprint density at radius 2 is 1.57 bits per heavy atom. The maximum Gasteiger partial charge on any atom is 0.336 e. The number of ketones is 1. The van der Waals surface area contributed by atoms with Crippen LogP contribution in [0.3, 0.4) is 0 Å². The van der Waals surface area contributed by atoms with E-state index in [1.165, 1.54) is 30.3 Å². The highest BCUT2D eigenvalue weighted by molar-refractivity contribution is 6.16. The molecule has 2 aromatic rings.